The number of hydrogen-bond donors (Lipinski definition) is 1. The molecule has 0 unspecified atom stereocenters. The van der Waals surface area contributed by atoms with E-state index < -0.39 is 0 Å². The number of hydrogen-bond acceptors (Lipinski definition) is 3. The molecule has 5 heteroatoms. The first-order chi connectivity index (χ1) is 14.7. The molecule has 0 fully saturated rings. The average molecular weight is 396 g/mol. The van der Waals surface area contributed by atoms with Gasteiger partial charge >= 0.3 is 5.69 Å². The molecular formula is C25H20N2O3. The molecule has 3 aromatic carbocycles. The van der Waals surface area contributed by atoms with Crippen LogP contribution < -0.4 is 10.4 Å². The quantitative estimate of drug-likeness (QED) is 0.378. The molecule has 0 aliphatic carbocycles. The molecule has 0 atom stereocenters. The summed E-state index contributed by atoms with van der Waals surface area (Å²) < 4.78 is 6.71. The Morgan fingerprint density at radius 2 is 1.73 bits per heavy atom. The van der Waals surface area contributed by atoms with E-state index in [-0.39, 0.29) is 11.5 Å². The number of ketones is 1. The smallest absolute Gasteiger partial charge is 0.330 e. The number of aromatic amines is 1. The van der Waals surface area contributed by atoms with E-state index in [9.17, 15) is 9.59 Å². The van der Waals surface area contributed by atoms with Crippen molar-refractivity contribution in [2.75, 3.05) is 7.11 Å². The number of ether oxygens (including phenoxy) is 1. The summed E-state index contributed by atoms with van der Waals surface area (Å²) in [4.78, 5) is 27.9. The molecule has 0 spiro atoms. The van der Waals surface area contributed by atoms with Gasteiger partial charge in [0.2, 0.25) is 0 Å². The zero-order valence-electron chi connectivity index (χ0n) is 16.4. The summed E-state index contributed by atoms with van der Waals surface area (Å²) in [5.74, 6) is 0.620. The Kier molecular flexibility index (Phi) is 5.44. The molecule has 0 saturated heterocycles. The lowest BCUT2D eigenvalue weighted by Crippen LogP contribution is -2.16. The lowest BCUT2D eigenvalue weighted by atomic mass is 10.1. The van der Waals surface area contributed by atoms with Crippen LogP contribution >= 0.6 is 0 Å². The third kappa shape index (κ3) is 4.00. The minimum absolute atomic E-state index is 0.141. The fraction of sp³-hybridized carbons (Fsp3) is 0.0400. The van der Waals surface area contributed by atoms with E-state index in [2.05, 4.69) is 4.98 Å². The molecule has 0 radical (unpaired) electrons. The van der Waals surface area contributed by atoms with Crippen molar-refractivity contribution in [2.45, 2.75) is 0 Å². The molecule has 1 N–H and O–H groups in total. The Balaban J connectivity index is 1.63. The normalized spacial score (nSPS) is 11.0. The van der Waals surface area contributed by atoms with Gasteiger partial charge in [-0.05, 0) is 35.9 Å². The van der Waals surface area contributed by atoms with E-state index in [1.807, 2.05) is 60.7 Å². The van der Waals surface area contributed by atoms with Crippen LogP contribution in [0.1, 0.15) is 15.9 Å². The fourth-order valence-electron chi connectivity index (χ4n) is 3.23. The first-order valence-corrected chi connectivity index (χ1v) is 9.48. The molecule has 1 heterocycles. The summed E-state index contributed by atoms with van der Waals surface area (Å²) in [7, 11) is 1.61. The van der Waals surface area contributed by atoms with Gasteiger partial charge in [-0.1, -0.05) is 60.7 Å². The maximum atomic E-state index is 12.7. The first kappa shape index (κ1) is 19.2. The Morgan fingerprint density at radius 3 is 2.47 bits per heavy atom. The number of nitrogens with one attached hydrogen (secondary N) is 1. The second-order valence-corrected chi connectivity index (χ2v) is 6.70. The summed E-state index contributed by atoms with van der Waals surface area (Å²) in [6.45, 7) is 0. The van der Waals surface area contributed by atoms with Crippen molar-refractivity contribution < 1.29 is 9.53 Å². The molecule has 30 heavy (non-hydrogen) atoms. The topological polar surface area (TPSA) is 64.1 Å². The van der Waals surface area contributed by atoms with Crippen molar-refractivity contribution in [1.82, 2.24) is 9.55 Å². The van der Waals surface area contributed by atoms with Gasteiger partial charge in [0.15, 0.2) is 5.78 Å². The SMILES string of the molecule is COc1ccc(C=CC(=O)c2cccc(-n3c(-c4ccccc4)c[nH]c3=O)c2)cc1. The summed E-state index contributed by atoms with van der Waals surface area (Å²) >= 11 is 0. The third-order valence-corrected chi connectivity index (χ3v) is 4.78. The molecule has 1 aromatic heterocycles. The van der Waals surface area contributed by atoms with Gasteiger partial charge in [0.1, 0.15) is 5.75 Å². The third-order valence-electron chi connectivity index (χ3n) is 4.78. The molecule has 148 valence electrons. The molecule has 0 bridgehead atoms. The maximum Gasteiger partial charge on any atom is 0.330 e. The van der Waals surface area contributed by atoms with Crippen LogP contribution in [-0.2, 0) is 0 Å². The number of carbonyl (C=O) groups excluding carboxylic acids is 1. The molecular weight excluding hydrogens is 376 g/mol. The van der Waals surface area contributed by atoms with Gasteiger partial charge < -0.3 is 9.72 Å². The Bertz CT molecular complexity index is 1250. The van der Waals surface area contributed by atoms with Gasteiger partial charge in [0, 0.05) is 17.3 Å². The monoisotopic (exact) mass is 396 g/mol. The highest BCUT2D eigenvalue weighted by molar-refractivity contribution is 6.07. The molecule has 5 nitrogen and oxygen atoms in total. The average Bonchev–Trinajstić information content (AvgIpc) is 3.20. The predicted molar refractivity (Wildman–Crippen MR) is 118 cm³/mol. The van der Waals surface area contributed by atoms with Crippen molar-refractivity contribution >= 4 is 11.9 Å². The Labute approximate surface area is 173 Å². The van der Waals surface area contributed by atoms with Crippen LogP contribution in [0.2, 0.25) is 0 Å². The number of H-pyrrole nitrogens is 1. The van der Waals surface area contributed by atoms with Crippen LogP contribution in [0.4, 0.5) is 0 Å². The summed E-state index contributed by atoms with van der Waals surface area (Å²) in [5.41, 5.74) is 3.42. The molecule has 4 aromatic rings. The highest BCUT2D eigenvalue weighted by Gasteiger charge is 2.12. The first-order valence-electron chi connectivity index (χ1n) is 9.48. The lowest BCUT2D eigenvalue weighted by molar-refractivity contribution is 0.104. The van der Waals surface area contributed by atoms with E-state index in [4.69, 9.17) is 4.74 Å². The minimum atomic E-state index is -0.257. The number of nitrogens with zero attached hydrogens (tertiary/aromatic N) is 1. The standard InChI is InChI=1S/C25H20N2O3/c1-30-22-13-10-18(11-14-22)12-15-24(28)20-8-5-9-21(16-20)27-23(17-26-25(27)29)19-6-3-2-4-7-19/h2-17H,1H3,(H,26,29). The highest BCUT2D eigenvalue weighted by Crippen LogP contribution is 2.21. The van der Waals surface area contributed by atoms with Crippen LogP contribution in [0.3, 0.4) is 0 Å². The van der Waals surface area contributed by atoms with Crippen LogP contribution in [0.25, 0.3) is 23.0 Å². The summed E-state index contributed by atoms with van der Waals surface area (Å²) in [6.07, 6.45) is 4.96. The number of aromatic nitrogens is 2. The van der Waals surface area contributed by atoms with Crippen LogP contribution in [0, 0.1) is 0 Å². The fourth-order valence-corrected chi connectivity index (χ4v) is 3.23. The van der Waals surface area contributed by atoms with E-state index >= 15 is 0 Å². The second kappa shape index (κ2) is 8.49. The largest absolute Gasteiger partial charge is 0.497 e. The van der Waals surface area contributed by atoms with Gasteiger partial charge in [-0.15, -0.1) is 0 Å². The van der Waals surface area contributed by atoms with Crippen LogP contribution in [-0.4, -0.2) is 22.4 Å². The molecule has 4 rings (SSSR count). The zero-order valence-corrected chi connectivity index (χ0v) is 16.4. The second-order valence-electron chi connectivity index (χ2n) is 6.70. The van der Waals surface area contributed by atoms with Gasteiger partial charge in [0.05, 0.1) is 18.5 Å². The maximum absolute atomic E-state index is 12.7. The molecule has 0 saturated carbocycles. The minimum Gasteiger partial charge on any atom is -0.497 e. The number of rotatable bonds is 6. The predicted octanol–water partition coefficient (Wildman–Crippen LogP) is 4.74. The number of benzene rings is 3. The van der Waals surface area contributed by atoms with Crippen molar-refractivity contribution in [3.63, 3.8) is 0 Å². The number of imidazole rings is 1. The van der Waals surface area contributed by atoms with Crippen LogP contribution in [0.15, 0.2) is 95.9 Å². The molecule has 0 aliphatic rings. The highest BCUT2D eigenvalue weighted by atomic mass is 16.5. The van der Waals surface area contributed by atoms with Crippen molar-refractivity contribution in [3.05, 3.63) is 113 Å². The van der Waals surface area contributed by atoms with Gasteiger partial charge in [-0.2, -0.15) is 0 Å². The number of allylic oxidation sites excluding steroid dienone is 1. The van der Waals surface area contributed by atoms with Crippen molar-refractivity contribution in [3.8, 4) is 22.7 Å². The lowest BCUT2D eigenvalue weighted by Gasteiger charge is -2.08. The number of carbonyl (C=O) groups is 1. The van der Waals surface area contributed by atoms with Crippen LogP contribution in [0.5, 0.6) is 5.75 Å². The summed E-state index contributed by atoms with van der Waals surface area (Å²) in [5, 5.41) is 0. The number of methoxy groups -OCH3 is 1. The van der Waals surface area contributed by atoms with Gasteiger partial charge in [-0.25, -0.2) is 4.79 Å². The molecule has 0 amide bonds. The van der Waals surface area contributed by atoms with Gasteiger partial charge in [-0.3, -0.25) is 9.36 Å². The van der Waals surface area contributed by atoms with Crippen molar-refractivity contribution in [2.24, 2.45) is 0 Å². The Morgan fingerprint density at radius 1 is 0.967 bits per heavy atom. The Hall–Kier alpha value is -4.12. The van der Waals surface area contributed by atoms with E-state index in [0.717, 1.165) is 22.6 Å². The summed E-state index contributed by atoms with van der Waals surface area (Å²) in [6, 6.07) is 24.1. The van der Waals surface area contributed by atoms with Gasteiger partial charge in [0.25, 0.3) is 0 Å². The van der Waals surface area contributed by atoms with E-state index in [1.165, 1.54) is 6.08 Å². The van der Waals surface area contributed by atoms with E-state index in [0.29, 0.717) is 11.3 Å². The zero-order chi connectivity index (χ0) is 20.9. The van der Waals surface area contributed by atoms with E-state index in [1.54, 1.807) is 42.1 Å². The van der Waals surface area contributed by atoms with Crippen molar-refractivity contribution in [1.29, 1.82) is 0 Å². The molecule has 0 aliphatic heterocycles.